The van der Waals surface area contributed by atoms with Crippen LogP contribution in [-0.2, 0) is 6.54 Å². The Hall–Kier alpha value is -1.71. The predicted molar refractivity (Wildman–Crippen MR) is 68.0 cm³/mol. The fourth-order valence-corrected chi connectivity index (χ4v) is 1.58. The van der Waals surface area contributed by atoms with Crippen molar-refractivity contribution in [3.8, 4) is 5.75 Å². The summed E-state index contributed by atoms with van der Waals surface area (Å²) in [5.74, 6) is 0.875. The van der Waals surface area contributed by atoms with Gasteiger partial charge in [-0.25, -0.2) is 0 Å². The van der Waals surface area contributed by atoms with Crippen molar-refractivity contribution >= 4 is 0 Å². The van der Waals surface area contributed by atoms with Gasteiger partial charge in [0.25, 0.3) is 0 Å². The predicted octanol–water partition coefficient (Wildman–Crippen LogP) is 2.83. The molecular formula is C12H18N4O. The van der Waals surface area contributed by atoms with Crippen LogP contribution in [0, 0.1) is 0 Å². The summed E-state index contributed by atoms with van der Waals surface area (Å²) in [5, 5.41) is 3.51. The van der Waals surface area contributed by atoms with Crippen LogP contribution < -0.4 is 4.74 Å². The lowest BCUT2D eigenvalue weighted by atomic mass is 10.2. The van der Waals surface area contributed by atoms with E-state index >= 15 is 0 Å². The van der Waals surface area contributed by atoms with Crippen molar-refractivity contribution < 1.29 is 4.74 Å². The molecule has 17 heavy (non-hydrogen) atoms. The van der Waals surface area contributed by atoms with E-state index < -0.39 is 0 Å². The third-order valence-corrected chi connectivity index (χ3v) is 2.47. The van der Waals surface area contributed by atoms with Gasteiger partial charge in [0.05, 0.1) is 7.11 Å². The van der Waals surface area contributed by atoms with E-state index in [2.05, 4.69) is 34.1 Å². The molecule has 1 aromatic rings. The summed E-state index contributed by atoms with van der Waals surface area (Å²) in [4.78, 5) is 4.93. The summed E-state index contributed by atoms with van der Waals surface area (Å²) in [6, 6.07) is 8.04. The molecule has 0 heterocycles. The maximum absolute atomic E-state index is 8.15. The molecule has 1 aromatic carbocycles. The second-order valence-corrected chi connectivity index (χ2v) is 3.89. The van der Waals surface area contributed by atoms with Gasteiger partial charge in [0.2, 0.25) is 0 Å². The van der Waals surface area contributed by atoms with E-state index in [0.717, 1.165) is 25.3 Å². The number of nitrogens with zero attached hydrogens (tertiary/aromatic N) is 4. The Balaban J connectivity index is 2.33. The third-order valence-electron chi connectivity index (χ3n) is 2.47. The van der Waals surface area contributed by atoms with E-state index in [9.17, 15) is 0 Å². The van der Waals surface area contributed by atoms with Gasteiger partial charge in [-0.2, -0.15) is 0 Å². The van der Waals surface area contributed by atoms with Crippen LogP contribution in [0.4, 0.5) is 0 Å². The molecule has 0 amide bonds. The van der Waals surface area contributed by atoms with Gasteiger partial charge >= 0.3 is 0 Å². The van der Waals surface area contributed by atoms with Gasteiger partial charge in [-0.3, -0.25) is 0 Å². The molecule has 0 saturated heterocycles. The van der Waals surface area contributed by atoms with Gasteiger partial charge in [-0.15, -0.1) is 0 Å². The first-order valence-electron chi connectivity index (χ1n) is 5.58. The Bertz CT molecular complexity index is 371. The van der Waals surface area contributed by atoms with Crippen LogP contribution in [0.1, 0.15) is 12.0 Å². The Labute approximate surface area is 102 Å². The molecule has 0 radical (unpaired) electrons. The standard InChI is InChI=1S/C12H18N4O/c1-16(9-3-8-14-15-13)10-11-4-6-12(17-2)7-5-11/h4-7H,3,8-10H2,1-2H3. The summed E-state index contributed by atoms with van der Waals surface area (Å²) >= 11 is 0. The van der Waals surface area contributed by atoms with E-state index in [1.165, 1.54) is 5.56 Å². The number of azide groups is 1. The van der Waals surface area contributed by atoms with E-state index in [-0.39, 0.29) is 0 Å². The maximum Gasteiger partial charge on any atom is 0.118 e. The van der Waals surface area contributed by atoms with Crippen LogP contribution in [0.2, 0.25) is 0 Å². The third kappa shape index (κ3) is 5.24. The molecule has 0 aliphatic carbocycles. The molecule has 0 aliphatic heterocycles. The first-order valence-corrected chi connectivity index (χ1v) is 5.58. The quantitative estimate of drug-likeness (QED) is 0.315. The molecule has 5 heteroatoms. The van der Waals surface area contributed by atoms with Crippen LogP contribution in [0.3, 0.4) is 0 Å². The largest absolute Gasteiger partial charge is 0.497 e. The highest BCUT2D eigenvalue weighted by atomic mass is 16.5. The molecule has 0 N–H and O–H groups in total. The highest BCUT2D eigenvalue weighted by Gasteiger charge is 2.00. The summed E-state index contributed by atoms with van der Waals surface area (Å²) in [6.45, 7) is 2.37. The number of rotatable bonds is 7. The van der Waals surface area contributed by atoms with Gasteiger partial charge in [0.15, 0.2) is 0 Å². The minimum atomic E-state index is 0.559. The topological polar surface area (TPSA) is 61.2 Å². The normalized spacial score (nSPS) is 10.1. The zero-order valence-corrected chi connectivity index (χ0v) is 10.3. The van der Waals surface area contributed by atoms with Gasteiger partial charge in [-0.1, -0.05) is 17.2 Å². The molecule has 5 nitrogen and oxygen atoms in total. The highest BCUT2D eigenvalue weighted by molar-refractivity contribution is 5.26. The molecule has 0 saturated carbocycles. The van der Waals surface area contributed by atoms with Crippen molar-refractivity contribution in [2.75, 3.05) is 27.2 Å². The van der Waals surface area contributed by atoms with Crippen molar-refractivity contribution in [2.24, 2.45) is 5.11 Å². The molecule has 1 rings (SSSR count). The summed E-state index contributed by atoms with van der Waals surface area (Å²) in [7, 11) is 3.72. The molecule has 0 fully saturated rings. The second-order valence-electron chi connectivity index (χ2n) is 3.89. The second kappa shape index (κ2) is 7.54. The summed E-state index contributed by atoms with van der Waals surface area (Å²) < 4.78 is 5.11. The molecule has 0 spiro atoms. The minimum absolute atomic E-state index is 0.559. The molecular weight excluding hydrogens is 216 g/mol. The van der Waals surface area contributed by atoms with Gasteiger partial charge < -0.3 is 9.64 Å². The summed E-state index contributed by atoms with van der Waals surface area (Å²) in [5.41, 5.74) is 9.40. The lowest BCUT2D eigenvalue weighted by Crippen LogP contribution is -2.19. The Kier molecular flexibility index (Phi) is 5.93. The molecule has 0 unspecified atom stereocenters. The van der Waals surface area contributed by atoms with Gasteiger partial charge in [-0.05, 0) is 43.2 Å². The average Bonchev–Trinajstić information content (AvgIpc) is 2.36. The Morgan fingerprint density at radius 1 is 1.35 bits per heavy atom. The van der Waals surface area contributed by atoms with Crippen molar-refractivity contribution in [1.82, 2.24) is 4.90 Å². The number of hydrogen-bond acceptors (Lipinski definition) is 3. The average molecular weight is 234 g/mol. The van der Waals surface area contributed by atoms with Crippen LogP contribution in [0.25, 0.3) is 10.4 Å². The SMILES string of the molecule is COc1ccc(CN(C)CCCN=[N+]=[N-])cc1. The Morgan fingerprint density at radius 3 is 2.65 bits per heavy atom. The molecule has 0 aliphatic rings. The monoisotopic (exact) mass is 234 g/mol. The first kappa shape index (κ1) is 13.4. The molecule has 0 aromatic heterocycles. The van der Waals surface area contributed by atoms with Gasteiger partial charge in [0.1, 0.15) is 5.75 Å². The van der Waals surface area contributed by atoms with Crippen molar-refractivity contribution in [3.05, 3.63) is 40.3 Å². The maximum atomic E-state index is 8.15. The van der Waals surface area contributed by atoms with Crippen molar-refractivity contribution in [2.45, 2.75) is 13.0 Å². The lowest BCUT2D eigenvalue weighted by molar-refractivity contribution is 0.324. The van der Waals surface area contributed by atoms with Crippen LogP contribution in [0.15, 0.2) is 29.4 Å². The van der Waals surface area contributed by atoms with Crippen LogP contribution >= 0.6 is 0 Å². The minimum Gasteiger partial charge on any atom is -0.497 e. The molecule has 92 valence electrons. The zero-order valence-electron chi connectivity index (χ0n) is 10.3. The number of hydrogen-bond donors (Lipinski definition) is 0. The fraction of sp³-hybridized carbons (Fsp3) is 0.500. The number of methoxy groups -OCH3 is 1. The van der Waals surface area contributed by atoms with E-state index in [4.69, 9.17) is 10.3 Å². The Morgan fingerprint density at radius 2 is 2.06 bits per heavy atom. The van der Waals surface area contributed by atoms with E-state index in [0.29, 0.717) is 6.54 Å². The molecule has 0 bridgehead atoms. The zero-order chi connectivity index (χ0) is 12.5. The number of ether oxygens (including phenoxy) is 1. The molecule has 0 atom stereocenters. The highest BCUT2D eigenvalue weighted by Crippen LogP contribution is 2.12. The smallest absolute Gasteiger partial charge is 0.118 e. The van der Waals surface area contributed by atoms with Crippen LogP contribution in [-0.4, -0.2) is 32.1 Å². The van der Waals surface area contributed by atoms with Crippen LogP contribution in [0.5, 0.6) is 5.75 Å². The fourth-order valence-electron chi connectivity index (χ4n) is 1.58. The lowest BCUT2D eigenvalue weighted by Gasteiger charge is -2.16. The van der Waals surface area contributed by atoms with E-state index in [1.54, 1.807) is 7.11 Å². The first-order chi connectivity index (χ1) is 8.26. The van der Waals surface area contributed by atoms with E-state index in [1.807, 2.05) is 12.1 Å². The number of benzene rings is 1. The van der Waals surface area contributed by atoms with Crippen molar-refractivity contribution in [1.29, 1.82) is 0 Å². The van der Waals surface area contributed by atoms with Gasteiger partial charge in [0, 0.05) is 18.0 Å². The van der Waals surface area contributed by atoms with Crippen molar-refractivity contribution in [3.63, 3.8) is 0 Å². The summed E-state index contributed by atoms with van der Waals surface area (Å²) in [6.07, 6.45) is 0.886.